The van der Waals surface area contributed by atoms with Crippen LogP contribution in [0.3, 0.4) is 0 Å². The number of amides is 1. The summed E-state index contributed by atoms with van der Waals surface area (Å²) in [7, 11) is 0. The number of hydrogen-bond donors (Lipinski definition) is 1. The van der Waals surface area contributed by atoms with E-state index in [2.05, 4.69) is 0 Å². The Kier molecular flexibility index (Phi) is 4.84. The molecule has 20 heavy (non-hydrogen) atoms. The number of aliphatic carboxylic acids is 1. The minimum Gasteiger partial charge on any atom is -0.487 e. The zero-order valence-electron chi connectivity index (χ0n) is 10.9. The third-order valence-electron chi connectivity index (χ3n) is 3.18. The van der Waals surface area contributed by atoms with Crippen molar-refractivity contribution in [2.45, 2.75) is 25.4 Å². The van der Waals surface area contributed by atoms with Crippen LogP contribution in [-0.4, -0.2) is 41.1 Å². The second kappa shape index (κ2) is 6.61. The number of halogens is 1. The molecule has 1 aliphatic heterocycles. The van der Waals surface area contributed by atoms with Gasteiger partial charge in [0, 0.05) is 19.4 Å². The Hall–Kier alpha value is -1.75. The number of nitrogens with zero attached hydrogens (tertiary/aromatic N) is 1. The van der Waals surface area contributed by atoms with Crippen LogP contribution in [0.5, 0.6) is 5.75 Å². The third-order valence-corrected chi connectivity index (χ3v) is 3.49. The molecule has 1 heterocycles. The standard InChI is InChI=1S/C14H16ClNO4/c15-11-3-1-2-4-12(11)20-10-7-8-16(9-10)13(17)5-6-14(18)19/h1-4,10H,5-9H2,(H,18,19). The smallest absolute Gasteiger partial charge is 0.303 e. The number of rotatable bonds is 5. The lowest BCUT2D eigenvalue weighted by molar-refractivity contribution is -0.140. The van der Waals surface area contributed by atoms with Crippen LogP contribution in [-0.2, 0) is 9.59 Å². The van der Waals surface area contributed by atoms with Crippen molar-refractivity contribution in [3.05, 3.63) is 29.3 Å². The van der Waals surface area contributed by atoms with Crippen LogP contribution >= 0.6 is 11.6 Å². The van der Waals surface area contributed by atoms with Crippen LogP contribution in [0.15, 0.2) is 24.3 Å². The Bertz CT molecular complexity index is 506. The maximum atomic E-state index is 11.8. The van der Waals surface area contributed by atoms with Gasteiger partial charge in [-0.15, -0.1) is 0 Å². The van der Waals surface area contributed by atoms with E-state index in [9.17, 15) is 9.59 Å². The summed E-state index contributed by atoms with van der Waals surface area (Å²) in [4.78, 5) is 23.9. The van der Waals surface area contributed by atoms with Gasteiger partial charge < -0.3 is 14.7 Å². The molecule has 5 nitrogen and oxygen atoms in total. The summed E-state index contributed by atoms with van der Waals surface area (Å²) in [6.45, 7) is 1.07. The summed E-state index contributed by atoms with van der Waals surface area (Å²) < 4.78 is 5.77. The molecule has 0 bridgehead atoms. The minimum atomic E-state index is -0.957. The van der Waals surface area contributed by atoms with Crippen molar-refractivity contribution in [2.24, 2.45) is 0 Å². The molecular formula is C14H16ClNO4. The van der Waals surface area contributed by atoms with Crippen LogP contribution < -0.4 is 4.74 Å². The molecule has 0 radical (unpaired) electrons. The maximum Gasteiger partial charge on any atom is 0.303 e. The number of hydrogen-bond acceptors (Lipinski definition) is 3. The number of para-hydroxylation sites is 1. The highest BCUT2D eigenvalue weighted by Crippen LogP contribution is 2.26. The fourth-order valence-electron chi connectivity index (χ4n) is 2.14. The molecule has 1 saturated heterocycles. The molecule has 6 heteroatoms. The summed E-state index contributed by atoms with van der Waals surface area (Å²) in [6.07, 6.45) is 0.535. The predicted molar refractivity (Wildman–Crippen MR) is 73.9 cm³/mol. The Labute approximate surface area is 122 Å². The fourth-order valence-corrected chi connectivity index (χ4v) is 2.32. The second-order valence-electron chi connectivity index (χ2n) is 4.69. The predicted octanol–water partition coefficient (Wildman–Crippen LogP) is 2.18. The molecule has 0 aromatic heterocycles. The summed E-state index contributed by atoms with van der Waals surface area (Å²) in [5, 5.41) is 9.12. The van der Waals surface area contributed by atoms with Gasteiger partial charge in [-0.3, -0.25) is 9.59 Å². The van der Waals surface area contributed by atoms with E-state index >= 15 is 0 Å². The molecule has 108 valence electrons. The van der Waals surface area contributed by atoms with Crippen LogP contribution in [0.2, 0.25) is 5.02 Å². The van der Waals surface area contributed by atoms with E-state index in [1.165, 1.54) is 0 Å². The van der Waals surface area contributed by atoms with Gasteiger partial charge in [0.15, 0.2) is 0 Å². The monoisotopic (exact) mass is 297 g/mol. The van der Waals surface area contributed by atoms with Crippen molar-refractivity contribution in [3.8, 4) is 5.75 Å². The van der Waals surface area contributed by atoms with Crippen molar-refractivity contribution in [1.29, 1.82) is 0 Å². The lowest BCUT2D eigenvalue weighted by atomic mass is 10.3. The molecule has 1 fully saturated rings. The third kappa shape index (κ3) is 3.87. The van der Waals surface area contributed by atoms with Gasteiger partial charge in [-0.25, -0.2) is 0 Å². The van der Waals surface area contributed by atoms with Crippen molar-refractivity contribution in [2.75, 3.05) is 13.1 Å². The molecule has 1 unspecified atom stereocenters. The molecule has 1 atom stereocenters. The van der Waals surface area contributed by atoms with Gasteiger partial charge in [-0.1, -0.05) is 23.7 Å². The van der Waals surface area contributed by atoms with Gasteiger partial charge in [0.05, 0.1) is 18.0 Å². The van der Waals surface area contributed by atoms with E-state index in [4.69, 9.17) is 21.4 Å². The SMILES string of the molecule is O=C(O)CCC(=O)N1CCC(Oc2ccccc2Cl)C1. The van der Waals surface area contributed by atoms with Crippen LogP contribution in [0.25, 0.3) is 0 Å². The van der Waals surface area contributed by atoms with E-state index in [1.807, 2.05) is 12.1 Å². The van der Waals surface area contributed by atoms with E-state index < -0.39 is 5.97 Å². The molecule has 1 N–H and O–H groups in total. The van der Waals surface area contributed by atoms with E-state index in [1.54, 1.807) is 17.0 Å². The zero-order chi connectivity index (χ0) is 14.5. The van der Waals surface area contributed by atoms with Crippen molar-refractivity contribution < 1.29 is 19.4 Å². The Balaban J connectivity index is 1.85. The number of carbonyl (C=O) groups is 2. The molecular weight excluding hydrogens is 282 g/mol. The van der Waals surface area contributed by atoms with Crippen LogP contribution in [0.4, 0.5) is 0 Å². The first kappa shape index (κ1) is 14.7. The van der Waals surface area contributed by atoms with E-state index in [0.29, 0.717) is 23.9 Å². The van der Waals surface area contributed by atoms with Crippen LogP contribution in [0.1, 0.15) is 19.3 Å². The molecule has 1 aromatic rings. The number of carboxylic acids is 1. The van der Waals surface area contributed by atoms with Crippen LogP contribution in [0, 0.1) is 0 Å². The number of benzene rings is 1. The average molecular weight is 298 g/mol. The number of carboxylic acid groups (broad SMARTS) is 1. The fraction of sp³-hybridized carbons (Fsp3) is 0.429. The van der Waals surface area contributed by atoms with E-state index in [0.717, 1.165) is 6.42 Å². The molecule has 0 aliphatic carbocycles. The molecule has 1 aliphatic rings. The average Bonchev–Trinajstić information content (AvgIpc) is 2.87. The highest BCUT2D eigenvalue weighted by atomic mass is 35.5. The number of ether oxygens (including phenoxy) is 1. The molecule has 0 spiro atoms. The summed E-state index contributed by atoms with van der Waals surface area (Å²) in [5.41, 5.74) is 0. The minimum absolute atomic E-state index is 0.0359. The highest BCUT2D eigenvalue weighted by molar-refractivity contribution is 6.32. The number of carbonyl (C=O) groups excluding carboxylic acids is 1. The lowest BCUT2D eigenvalue weighted by Crippen LogP contribution is -2.31. The van der Waals surface area contributed by atoms with Crippen molar-refractivity contribution in [3.63, 3.8) is 0 Å². The molecule has 2 rings (SSSR count). The first-order valence-corrected chi connectivity index (χ1v) is 6.85. The second-order valence-corrected chi connectivity index (χ2v) is 5.10. The topological polar surface area (TPSA) is 66.8 Å². The van der Waals surface area contributed by atoms with E-state index in [-0.39, 0.29) is 24.9 Å². The van der Waals surface area contributed by atoms with Gasteiger partial charge >= 0.3 is 5.97 Å². The molecule has 1 amide bonds. The first-order valence-electron chi connectivity index (χ1n) is 6.47. The van der Waals surface area contributed by atoms with Gasteiger partial charge in [-0.05, 0) is 12.1 Å². The Morgan fingerprint density at radius 2 is 2.10 bits per heavy atom. The Morgan fingerprint density at radius 1 is 1.35 bits per heavy atom. The van der Waals surface area contributed by atoms with Gasteiger partial charge in [-0.2, -0.15) is 0 Å². The first-order chi connectivity index (χ1) is 9.56. The molecule has 1 aromatic carbocycles. The molecule has 0 saturated carbocycles. The van der Waals surface area contributed by atoms with Gasteiger partial charge in [0.1, 0.15) is 11.9 Å². The maximum absolute atomic E-state index is 11.8. The lowest BCUT2D eigenvalue weighted by Gasteiger charge is -2.17. The Morgan fingerprint density at radius 3 is 2.80 bits per heavy atom. The van der Waals surface area contributed by atoms with Crippen molar-refractivity contribution in [1.82, 2.24) is 4.90 Å². The summed E-state index contributed by atoms with van der Waals surface area (Å²) in [5.74, 6) is -0.488. The van der Waals surface area contributed by atoms with Crippen molar-refractivity contribution >= 4 is 23.5 Å². The highest BCUT2D eigenvalue weighted by Gasteiger charge is 2.27. The number of likely N-dealkylation sites (tertiary alicyclic amines) is 1. The zero-order valence-corrected chi connectivity index (χ0v) is 11.7. The normalized spacial score (nSPS) is 18.1. The quantitative estimate of drug-likeness (QED) is 0.904. The summed E-state index contributed by atoms with van der Waals surface area (Å²) in [6, 6.07) is 7.20. The van der Waals surface area contributed by atoms with Gasteiger partial charge in [0.25, 0.3) is 0 Å². The summed E-state index contributed by atoms with van der Waals surface area (Å²) >= 11 is 6.02. The van der Waals surface area contributed by atoms with Gasteiger partial charge in [0.2, 0.25) is 5.91 Å². The largest absolute Gasteiger partial charge is 0.487 e.